The number of rotatable bonds is 7. The van der Waals surface area contributed by atoms with E-state index in [1.54, 1.807) is 38.1 Å². The monoisotopic (exact) mass is 406 g/mol. The third-order valence-electron chi connectivity index (χ3n) is 3.62. The van der Waals surface area contributed by atoms with Gasteiger partial charge in [-0.2, -0.15) is 0 Å². The number of carbonyl (C=O) groups is 1. The highest BCUT2D eigenvalue weighted by atomic mass is 32.2. The van der Waals surface area contributed by atoms with Gasteiger partial charge in [0.1, 0.15) is 17.8 Å². The summed E-state index contributed by atoms with van der Waals surface area (Å²) in [5, 5.41) is 20.1. The number of aryl methyl sites for hydroxylation is 1. The molecule has 27 heavy (non-hydrogen) atoms. The zero-order valence-corrected chi connectivity index (χ0v) is 16.8. The molecule has 0 saturated heterocycles. The van der Waals surface area contributed by atoms with E-state index < -0.39 is 0 Å². The first-order valence-electron chi connectivity index (χ1n) is 7.89. The molecule has 0 saturated carbocycles. The van der Waals surface area contributed by atoms with Crippen molar-refractivity contribution in [1.29, 1.82) is 0 Å². The Labute approximate surface area is 164 Å². The summed E-state index contributed by atoms with van der Waals surface area (Å²) in [4.78, 5) is 12.4. The van der Waals surface area contributed by atoms with Gasteiger partial charge in [-0.25, -0.2) is 0 Å². The molecule has 3 aromatic rings. The number of aromatic nitrogens is 5. The van der Waals surface area contributed by atoms with Gasteiger partial charge in [0, 0.05) is 13.1 Å². The van der Waals surface area contributed by atoms with E-state index in [1.807, 2.05) is 19.2 Å². The van der Waals surface area contributed by atoms with Gasteiger partial charge < -0.3 is 14.0 Å². The second kappa shape index (κ2) is 8.35. The van der Waals surface area contributed by atoms with Crippen molar-refractivity contribution in [3.05, 3.63) is 24.5 Å². The third-order valence-corrected chi connectivity index (χ3v) is 5.64. The van der Waals surface area contributed by atoms with Crippen LogP contribution in [0.1, 0.15) is 6.92 Å². The third kappa shape index (κ3) is 4.37. The molecule has 11 heteroatoms. The Hall–Kier alpha value is -2.66. The van der Waals surface area contributed by atoms with E-state index in [1.165, 1.54) is 23.1 Å². The van der Waals surface area contributed by atoms with E-state index in [-0.39, 0.29) is 11.2 Å². The van der Waals surface area contributed by atoms with Gasteiger partial charge in [-0.05, 0) is 19.1 Å². The van der Waals surface area contributed by atoms with Crippen molar-refractivity contribution in [2.24, 2.45) is 7.05 Å². The van der Waals surface area contributed by atoms with E-state index >= 15 is 0 Å². The fourth-order valence-corrected chi connectivity index (χ4v) is 3.72. The quantitative estimate of drug-likeness (QED) is 0.597. The Morgan fingerprint density at radius 2 is 2.07 bits per heavy atom. The lowest BCUT2D eigenvalue weighted by Gasteiger charge is -2.09. The number of anilines is 1. The molecule has 0 fully saturated rings. The Kier molecular flexibility index (Phi) is 5.91. The Bertz CT molecular complexity index is 942. The van der Waals surface area contributed by atoms with E-state index in [2.05, 4.69) is 25.7 Å². The van der Waals surface area contributed by atoms with Crippen molar-refractivity contribution < 1.29 is 14.3 Å². The molecule has 0 bridgehead atoms. The lowest BCUT2D eigenvalue weighted by molar-refractivity contribution is -0.115. The Morgan fingerprint density at radius 3 is 2.74 bits per heavy atom. The SMILES string of the molecule is COc1ccc(-c2nnc(NC(=O)[C@H](C)Sc3nncn3C)s2)c(OC)c1. The predicted molar refractivity (Wildman–Crippen MR) is 103 cm³/mol. The average molecular weight is 406 g/mol. The lowest BCUT2D eigenvalue weighted by Crippen LogP contribution is -2.22. The van der Waals surface area contributed by atoms with Crippen LogP contribution in [0.3, 0.4) is 0 Å². The fraction of sp³-hybridized carbons (Fsp3) is 0.312. The molecular weight excluding hydrogens is 388 g/mol. The molecule has 0 spiro atoms. The van der Waals surface area contributed by atoms with Crippen LogP contribution in [0.4, 0.5) is 5.13 Å². The van der Waals surface area contributed by atoms with Gasteiger partial charge in [0.15, 0.2) is 10.2 Å². The number of carbonyl (C=O) groups excluding carboxylic acids is 1. The van der Waals surface area contributed by atoms with Crippen LogP contribution in [-0.2, 0) is 11.8 Å². The van der Waals surface area contributed by atoms with Crippen molar-refractivity contribution in [2.45, 2.75) is 17.3 Å². The number of ether oxygens (including phenoxy) is 2. The zero-order valence-electron chi connectivity index (χ0n) is 15.2. The van der Waals surface area contributed by atoms with Crippen molar-refractivity contribution in [3.8, 4) is 22.1 Å². The molecule has 0 radical (unpaired) electrons. The van der Waals surface area contributed by atoms with Gasteiger partial charge in [0.2, 0.25) is 11.0 Å². The van der Waals surface area contributed by atoms with Gasteiger partial charge >= 0.3 is 0 Å². The summed E-state index contributed by atoms with van der Waals surface area (Å²) in [6.07, 6.45) is 1.59. The number of nitrogens with one attached hydrogen (secondary N) is 1. The van der Waals surface area contributed by atoms with E-state index in [0.29, 0.717) is 26.8 Å². The Morgan fingerprint density at radius 1 is 1.26 bits per heavy atom. The maximum atomic E-state index is 12.4. The van der Waals surface area contributed by atoms with Crippen LogP contribution in [0.2, 0.25) is 0 Å². The Balaban J connectivity index is 1.70. The van der Waals surface area contributed by atoms with Crippen molar-refractivity contribution >= 4 is 34.1 Å². The molecule has 0 unspecified atom stereocenters. The summed E-state index contributed by atoms with van der Waals surface area (Å²) in [7, 11) is 4.99. The highest BCUT2D eigenvalue weighted by molar-refractivity contribution is 8.00. The van der Waals surface area contributed by atoms with Crippen LogP contribution < -0.4 is 14.8 Å². The minimum Gasteiger partial charge on any atom is -0.497 e. The fourth-order valence-electron chi connectivity index (χ4n) is 2.16. The first-order chi connectivity index (χ1) is 13.0. The molecule has 1 N–H and O–H groups in total. The van der Waals surface area contributed by atoms with E-state index in [9.17, 15) is 4.79 Å². The molecule has 2 aromatic heterocycles. The number of benzene rings is 1. The summed E-state index contributed by atoms with van der Waals surface area (Å²) in [5.74, 6) is 1.12. The molecule has 0 aliphatic heterocycles. The standard InChI is InChI=1S/C16H18N6O3S2/c1-9(26-16-21-17-8-22(16)2)13(23)18-15-20-19-14(27-15)11-6-5-10(24-3)7-12(11)25-4/h5-9H,1-4H3,(H,18,20,23)/t9-/m0/s1. The first kappa shape index (κ1) is 19.1. The smallest absolute Gasteiger partial charge is 0.239 e. The number of hydrogen-bond donors (Lipinski definition) is 1. The van der Waals surface area contributed by atoms with E-state index in [0.717, 1.165) is 5.56 Å². The zero-order chi connectivity index (χ0) is 19.4. The molecule has 3 rings (SSSR count). The summed E-state index contributed by atoms with van der Waals surface area (Å²) < 4.78 is 12.4. The maximum Gasteiger partial charge on any atom is 0.239 e. The topological polar surface area (TPSA) is 104 Å². The van der Waals surface area contributed by atoms with Crippen LogP contribution in [0, 0.1) is 0 Å². The predicted octanol–water partition coefficient (Wildman–Crippen LogP) is 2.47. The van der Waals surface area contributed by atoms with Crippen LogP contribution in [0.15, 0.2) is 29.7 Å². The van der Waals surface area contributed by atoms with Crippen molar-refractivity contribution in [3.63, 3.8) is 0 Å². The van der Waals surface area contributed by atoms with Crippen LogP contribution in [-0.4, -0.2) is 50.3 Å². The first-order valence-corrected chi connectivity index (χ1v) is 9.59. The van der Waals surface area contributed by atoms with Gasteiger partial charge in [0.05, 0.1) is 25.0 Å². The normalized spacial score (nSPS) is 11.9. The molecule has 1 aromatic carbocycles. The molecule has 1 atom stereocenters. The number of methoxy groups -OCH3 is 2. The second-order valence-corrected chi connectivity index (χ2v) is 7.74. The minimum atomic E-state index is -0.365. The highest BCUT2D eigenvalue weighted by Crippen LogP contribution is 2.36. The molecular formula is C16H18N6O3S2. The van der Waals surface area contributed by atoms with Crippen molar-refractivity contribution in [1.82, 2.24) is 25.0 Å². The summed E-state index contributed by atoms with van der Waals surface area (Å²) in [5.41, 5.74) is 0.776. The summed E-state index contributed by atoms with van der Waals surface area (Å²) in [6.45, 7) is 1.79. The van der Waals surface area contributed by atoms with Crippen molar-refractivity contribution in [2.75, 3.05) is 19.5 Å². The van der Waals surface area contributed by atoms with Crippen LogP contribution >= 0.6 is 23.1 Å². The molecule has 9 nitrogen and oxygen atoms in total. The molecule has 0 aliphatic rings. The molecule has 142 valence electrons. The van der Waals surface area contributed by atoms with Crippen LogP contribution in [0.25, 0.3) is 10.6 Å². The summed E-state index contributed by atoms with van der Waals surface area (Å²) >= 11 is 2.59. The van der Waals surface area contributed by atoms with Gasteiger partial charge in [0.25, 0.3) is 0 Å². The highest BCUT2D eigenvalue weighted by Gasteiger charge is 2.20. The number of amides is 1. The summed E-state index contributed by atoms with van der Waals surface area (Å²) in [6, 6.07) is 5.43. The number of nitrogens with zero attached hydrogens (tertiary/aromatic N) is 5. The van der Waals surface area contributed by atoms with Gasteiger partial charge in [-0.15, -0.1) is 20.4 Å². The van der Waals surface area contributed by atoms with E-state index in [4.69, 9.17) is 9.47 Å². The molecule has 2 heterocycles. The average Bonchev–Trinajstić information content (AvgIpc) is 3.30. The molecule has 0 aliphatic carbocycles. The minimum absolute atomic E-state index is 0.188. The number of hydrogen-bond acceptors (Lipinski definition) is 9. The number of thioether (sulfide) groups is 1. The molecule has 1 amide bonds. The maximum absolute atomic E-state index is 12.4. The largest absolute Gasteiger partial charge is 0.497 e. The lowest BCUT2D eigenvalue weighted by atomic mass is 10.2. The van der Waals surface area contributed by atoms with Gasteiger partial charge in [-0.3, -0.25) is 10.1 Å². The second-order valence-electron chi connectivity index (χ2n) is 5.45. The van der Waals surface area contributed by atoms with Gasteiger partial charge in [-0.1, -0.05) is 23.1 Å². The van der Waals surface area contributed by atoms with Crippen LogP contribution in [0.5, 0.6) is 11.5 Å².